The zero-order valence-corrected chi connectivity index (χ0v) is 25.0. The van der Waals surface area contributed by atoms with E-state index in [2.05, 4.69) is 25.6 Å². The first kappa shape index (κ1) is 28.4. The number of phenols is 1. The Bertz CT molecular complexity index is 1910. The molecule has 2 aromatic heterocycles. The molecule has 11 nitrogen and oxygen atoms in total. The molecule has 3 amide bonds. The highest BCUT2D eigenvalue weighted by Crippen LogP contribution is 2.45. The molecule has 1 aliphatic heterocycles. The van der Waals surface area contributed by atoms with Crippen LogP contribution in [0.15, 0.2) is 53.9 Å². The van der Waals surface area contributed by atoms with Gasteiger partial charge in [0.25, 0.3) is 11.8 Å². The summed E-state index contributed by atoms with van der Waals surface area (Å²) in [4.78, 5) is 51.8. The summed E-state index contributed by atoms with van der Waals surface area (Å²) in [6, 6.07) is 14.1. The van der Waals surface area contributed by atoms with Crippen LogP contribution in [0.1, 0.15) is 53.4 Å². The maximum Gasteiger partial charge on any atom is 0.413 e. The Morgan fingerprint density at radius 2 is 1.88 bits per heavy atom. The van der Waals surface area contributed by atoms with Crippen molar-refractivity contribution in [2.24, 2.45) is 0 Å². The Morgan fingerprint density at radius 3 is 2.63 bits per heavy atom. The molecule has 0 saturated carbocycles. The van der Waals surface area contributed by atoms with Crippen LogP contribution >= 0.6 is 22.9 Å². The largest absolute Gasteiger partial charge is 0.507 e. The Balaban J connectivity index is 1.20. The summed E-state index contributed by atoms with van der Waals surface area (Å²) in [5.74, 6) is -0.436. The molecule has 13 heteroatoms. The lowest BCUT2D eigenvalue weighted by Crippen LogP contribution is -2.30. The van der Waals surface area contributed by atoms with Crippen LogP contribution in [0, 0.1) is 0 Å². The molecule has 0 fully saturated rings. The first-order valence-electron chi connectivity index (χ1n) is 13.4. The number of alkyl halides is 1. The number of aromatic hydroxyl groups is 1. The summed E-state index contributed by atoms with van der Waals surface area (Å²) in [7, 11) is 0. The predicted molar refractivity (Wildman–Crippen MR) is 167 cm³/mol. The number of carbonyl (C=O) groups is 3. The smallest absolute Gasteiger partial charge is 0.413 e. The molecule has 4 N–H and O–H groups in total. The minimum Gasteiger partial charge on any atom is -0.507 e. The van der Waals surface area contributed by atoms with Crippen LogP contribution in [0.3, 0.4) is 0 Å². The molecule has 0 aliphatic carbocycles. The number of aromatic nitrogens is 3. The van der Waals surface area contributed by atoms with Crippen molar-refractivity contribution < 1.29 is 24.2 Å². The topological polar surface area (TPSA) is 150 Å². The average Bonchev–Trinajstić information content (AvgIpc) is 3.68. The fourth-order valence-corrected chi connectivity index (χ4v) is 6.01. The Kier molecular flexibility index (Phi) is 7.18. The van der Waals surface area contributed by atoms with Crippen LogP contribution in [0.25, 0.3) is 21.8 Å². The molecule has 3 aromatic carbocycles. The molecule has 3 heterocycles. The number of hydrogen-bond donors (Lipinski definition) is 4. The molecule has 1 atom stereocenters. The molecule has 1 aliphatic rings. The summed E-state index contributed by atoms with van der Waals surface area (Å²) in [5, 5.41) is 19.3. The molecule has 6 rings (SSSR count). The van der Waals surface area contributed by atoms with Gasteiger partial charge >= 0.3 is 6.09 Å². The lowest BCUT2D eigenvalue weighted by Gasteiger charge is -2.18. The summed E-state index contributed by atoms with van der Waals surface area (Å²) >= 11 is 7.42. The van der Waals surface area contributed by atoms with Crippen molar-refractivity contribution in [3.05, 3.63) is 71.0 Å². The molecule has 0 spiro atoms. The van der Waals surface area contributed by atoms with Gasteiger partial charge in [0.2, 0.25) is 0 Å². The van der Waals surface area contributed by atoms with Gasteiger partial charge in [0.05, 0.1) is 16.7 Å². The summed E-state index contributed by atoms with van der Waals surface area (Å²) in [6.45, 7) is 5.59. The number of carbonyl (C=O) groups excluding carboxylic acids is 3. The van der Waals surface area contributed by atoms with E-state index in [0.717, 1.165) is 22.3 Å². The van der Waals surface area contributed by atoms with Gasteiger partial charge in [0.1, 0.15) is 17.0 Å². The van der Waals surface area contributed by atoms with Gasteiger partial charge < -0.3 is 25.0 Å². The third-order valence-electron chi connectivity index (χ3n) is 6.86. The van der Waals surface area contributed by atoms with E-state index in [1.54, 1.807) is 49.9 Å². The van der Waals surface area contributed by atoms with Gasteiger partial charge in [-0.1, -0.05) is 24.3 Å². The number of nitrogens with zero attached hydrogens (tertiary/aromatic N) is 3. The number of nitrogens with one attached hydrogen (secondary N) is 3. The predicted octanol–water partition coefficient (Wildman–Crippen LogP) is 6.46. The molecule has 43 heavy (non-hydrogen) atoms. The number of H-pyrrole nitrogens is 1. The minimum atomic E-state index is -0.666. The van der Waals surface area contributed by atoms with Gasteiger partial charge in [0, 0.05) is 40.9 Å². The van der Waals surface area contributed by atoms with Crippen LogP contribution in [0.2, 0.25) is 0 Å². The van der Waals surface area contributed by atoms with Crippen molar-refractivity contribution >= 4 is 79.2 Å². The average molecular weight is 619 g/mol. The standard InChI is InChI=1S/C30H27ClN6O5S/c1-30(2,3)42-29(41)36-28-35-21(14-43-28)26(39)32-16-8-9-19-20(10-16)34-25(33-19)27(40)37-13-15(12-31)24-18-7-5-4-6-17(18)23(38)11-22(24)37/h4-11,14-15,38H,12-13H2,1-3H3,(H,32,39)(H,33,34)(H,35,36,41)/t15-/m1/s1. The highest BCUT2D eigenvalue weighted by molar-refractivity contribution is 7.14. The van der Waals surface area contributed by atoms with Crippen molar-refractivity contribution in [3.8, 4) is 5.75 Å². The summed E-state index contributed by atoms with van der Waals surface area (Å²) in [6.07, 6.45) is -0.662. The van der Waals surface area contributed by atoms with Crippen molar-refractivity contribution in [3.63, 3.8) is 0 Å². The number of imidazole rings is 1. The van der Waals surface area contributed by atoms with E-state index >= 15 is 0 Å². The SMILES string of the molecule is CC(C)(C)OC(=O)Nc1nc(C(=O)Nc2ccc3nc(C(=O)N4C[C@@H](CCl)c5c4cc(O)c4ccccc54)[nH]c3c2)cs1. The lowest BCUT2D eigenvalue weighted by atomic mass is 9.95. The van der Waals surface area contributed by atoms with Gasteiger partial charge in [-0.25, -0.2) is 14.8 Å². The molecule has 220 valence electrons. The maximum atomic E-state index is 13.7. The van der Waals surface area contributed by atoms with Crippen molar-refractivity contribution in [1.82, 2.24) is 15.0 Å². The second kappa shape index (κ2) is 10.9. The number of amides is 3. The van der Waals surface area contributed by atoms with E-state index in [4.69, 9.17) is 16.3 Å². The number of aromatic amines is 1. The lowest BCUT2D eigenvalue weighted by molar-refractivity contribution is 0.0635. The van der Waals surface area contributed by atoms with Gasteiger partial charge in [-0.3, -0.25) is 14.9 Å². The monoisotopic (exact) mass is 618 g/mol. The maximum absolute atomic E-state index is 13.7. The molecule has 0 saturated heterocycles. The van der Waals surface area contributed by atoms with Crippen LogP contribution in [-0.2, 0) is 4.74 Å². The molecule has 5 aromatic rings. The molecular formula is C30H27ClN6O5S. The van der Waals surface area contributed by atoms with E-state index in [-0.39, 0.29) is 34.2 Å². The number of fused-ring (bicyclic) bond motifs is 4. The van der Waals surface area contributed by atoms with Gasteiger partial charge in [-0.05, 0) is 49.9 Å². The highest BCUT2D eigenvalue weighted by atomic mass is 35.5. The highest BCUT2D eigenvalue weighted by Gasteiger charge is 2.36. The van der Waals surface area contributed by atoms with Crippen LogP contribution in [-0.4, -0.2) is 56.0 Å². The quantitative estimate of drug-likeness (QED) is 0.165. The zero-order valence-electron chi connectivity index (χ0n) is 23.4. The third kappa shape index (κ3) is 5.58. The third-order valence-corrected chi connectivity index (χ3v) is 7.99. The molecule has 0 unspecified atom stereocenters. The van der Waals surface area contributed by atoms with Gasteiger partial charge in [0.15, 0.2) is 11.0 Å². The van der Waals surface area contributed by atoms with Crippen LogP contribution in [0.5, 0.6) is 5.75 Å². The fraction of sp³-hybridized carbons (Fsp3) is 0.233. The van der Waals surface area contributed by atoms with Crippen LogP contribution < -0.4 is 15.5 Å². The number of phenolic OH excluding ortho intramolecular Hbond substituents is 1. The Labute approximate surface area is 254 Å². The normalized spacial score (nSPS) is 14.6. The number of ether oxygens (including phenoxy) is 1. The molecule has 0 bridgehead atoms. The van der Waals surface area contributed by atoms with E-state index in [0.29, 0.717) is 40.2 Å². The first-order chi connectivity index (χ1) is 20.5. The van der Waals surface area contributed by atoms with Crippen molar-refractivity contribution in [2.45, 2.75) is 32.3 Å². The second-order valence-electron chi connectivity index (χ2n) is 11.1. The first-order valence-corrected chi connectivity index (χ1v) is 14.8. The van der Waals surface area contributed by atoms with Gasteiger partial charge in [-0.15, -0.1) is 22.9 Å². The number of halogens is 1. The van der Waals surface area contributed by atoms with Gasteiger partial charge in [-0.2, -0.15) is 0 Å². The second-order valence-corrected chi connectivity index (χ2v) is 12.2. The fourth-order valence-electron chi connectivity index (χ4n) is 5.08. The zero-order chi connectivity index (χ0) is 30.5. The Hall–Kier alpha value is -4.68. The number of rotatable bonds is 5. The van der Waals surface area contributed by atoms with E-state index in [9.17, 15) is 19.5 Å². The van der Waals surface area contributed by atoms with E-state index in [1.807, 2.05) is 24.3 Å². The van der Waals surface area contributed by atoms with Crippen LogP contribution in [0.4, 0.5) is 21.3 Å². The summed E-state index contributed by atoms with van der Waals surface area (Å²) < 4.78 is 5.21. The summed E-state index contributed by atoms with van der Waals surface area (Å²) in [5.41, 5.74) is 2.51. The minimum absolute atomic E-state index is 0.0835. The van der Waals surface area contributed by atoms with Crippen molar-refractivity contribution in [1.29, 1.82) is 0 Å². The number of thiazole rings is 1. The van der Waals surface area contributed by atoms with Crippen molar-refractivity contribution in [2.75, 3.05) is 28.0 Å². The Morgan fingerprint density at radius 1 is 1.12 bits per heavy atom. The molecule has 0 radical (unpaired) electrons. The number of hydrogen-bond acceptors (Lipinski definition) is 8. The molecular weight excluding hydrogens is 592 g/mol. The van der Waals surface area contributed by atoms with E-state index < -0.39 is 17.6 Å². The number of anilines is 3. The number of benzene rings is 3. The van der Waals surface area contributed by atoms with E-state index in [1.165, 1.54) is 5.38 Å².